The van der Waals surface area contributed by atoms with Crippen LogP contribution in [0, 0.1) is 0 Å². The van der Waals surface area contributed by atoms with Gasteiger partial charge in [0.05, 0.1) is 22.3 Å². The quantitative estimate of drug-likeness (QED) is 0.782. The molecule has 86 valence electrons. The summed E-state index contributed by atoms with van der Waals surface area (Å²) in [6.07, 6.45) is 1.08. The van der Waals surface area contributed by atoms with Crippen molar-refractivity contribution in [1.82, 2.24) is 4.98 Å². The molecule has 0 unspecified atom stereocenters. The van der Waals surface area contributed by atoms with Gasteiger partial charge in [-0.1, -0.05) is 6.92 Å². The van der Waals surface area contributed by atoms with E-state index in [0.717, 1.165) is 37.4 Å². The summed E-state index contributed by atoms with van der Waals surface area (Å²) in [4.78, 5) is 4.25. The third-order valence-electron chi connectivity index (χ3n) is 2.26. The van der Waals surface area contributed by atoms with Crippen LogP contribution in [0.25, 0.3) is 10.2 Å². The van der Waals surface area contributed by atoms with E-state index >= 15 is 0 Å². The number of ether oxygens (including phenoxy) is 1. The maximum absolute atomic E-state index is 5.40. The smallest absolute Gasteiger partial charge is 0.0813 e. The first kappa shape index (κ1) is 11.4. The van der Waals surface area contributed by atoms with Crippen molar-refractivity contribution in [2.24, 2.45) is 0 Å². The van der Waals surface area contributed by atoms with Gasteiger partial charge in [-0.25, -0.2) is 4.98 Å². The molecule has 0 spiro atoms. The molecular formula is C12H16N2OS. The first-order valence-electron chi connectivity index (χ1n) is 5.55. The highest BCUT2D eigenvalue weighted by Crippen LogP contribution is 2.21. The lowest BCUT2D eigenvalue weighted by atomic mass is 10.3. The van der Waals surface area contributed by atoms with Crippen molar-refractivity contribution in [1.29, 1.82) is 0 Å². The van der Waals surface area contributed by atoms with Gasteiger partial charge in [-0.3, -0.25) is 0 Å². The summed E-state index contributed by atoms with van der Waals surface area (Å²) in [5.74, 6) is 0. The molecule has 1 N–H and O–H groups in total. The molecule has 1 heterocycles. The molecule has 0 atom stereocenters. The molecule has 0 saturated carbocycles. The average molecular weight is 236 g/mol. The van der Waals surface area contributed by atoms with Crippen molar-refractivity contribution in [2.75, 3.05) is 25.1 Å². The summed E-state index contributed by atoms with van der Waals surface area (Å²) in [6, 6.07) is 6.23. The molecule has 1 aromatic carbocycles. The fourth-order valence-corrected chi connectivity index (χ4v) is 2.20. The molecule has 0 radical (unpaired) electrons. The van der Waals surface area contributed by atoms with Crippen LogP contribution in [0.15, 0.2) is 23.7 Å². The maximum Gasteiger partial charge on any atom is 0.0813 e. The van der Waals surface area contributed by atoms with Crippen LogP contribution in [0.4, 0.5) is 5.69 Å². The van der Waals surface area contributed by atoms with Crippen molar-refractivity contribution in [3.63, 3.8) is 0 Å². The minimum Gasteiger partial charge on any atom is -0.383 e. The van der Waals surface area contributed by atoms with Crippen LogP contribution in [-0.2, 0) is 4.74 Å². The normalized spacial score (nSPS) is 10.8. The summed E-state index contributed by atoms with van der Waals surface area (Å²) < 4.78 is 6.63. The molecule has 0 saturated heterocycles. The third kappa shape index (κ3) is 2.93. The minimum absolute atomic E-state index is 0.758. The van der Waals surface area contributed by atoms with Crippen molar-refractivity contribution >= 4 is 27.2 Å². The van der Waals surface area contributed by atoms with Crippen molar-refractivity contribution < 1.29 is 4.74 Å². The van der Waals surface area contributed by atoms with Crippen LogP contribution in [0.1, 0.15) is 13.3 Å². The van der Waals surface area contributed by atoms with E-state index in [1.165, 1.54) is 4.70 Å². The number of nitrogens with one attached hydrogen (secondary N) is 1. The minimum atomic E-state index is 0.758. The van der Waals surface area contributed by atoms with Gasteiger partial charge in [0.2, 0.25) is 0 Å². The summed E-state index contributed by atoms with van der Waals surface area (Å²) in [6.45, 7) is 4.57. The van der Waals surface area contributed by atoms with E-state index in [2.05, 4.69) is 29.4 Å². The Labute approximate surface area is 99.5 Å². The number of fused-ring (bicyclic) bond motifs is 1. The van der Waals surface area contributed by atoms with Gasteiger partial charge in [0.25, 0.3) is 0 Å². The zero-order valence-electron chi connectivity index (χ0n) is 9.40. The highest BCUT2D eigenvalue weighted by atomic mass is 32.1. The van der Waals surface area contributed by atoms with Gasteiger partial charge in [-0.2, -0.15) is 0 Å². The van der Waals surface area contributed by atoms with Crippen molar-refractivity contribution in [2.45, 2.75) is 13.3 Å². The number of benzene rings is 1. The molecule has 4 heteroatoms. The molecular weight excluding hydrogens is 220 g/mol. The summed E-state index contributed by atoms with van der Waals surface area (Å²) in [5.41, 5.74) is 4.08. The Morgan fingerprint density at radius 1 is 1.38 bits per heavy atom. The van der Waals surface area contributed by atoms with Crippen LogP contribution in [0.2, 0.25) is 0 Å². The Bertz CT molecular complexity index is 441. The molecule has 3 nitrogen and oxygen atoms in total. The fourth-order valence-electron chi connectivity index (χ4n) is 1.48. The summed E-state index contributed by atoms with van der Waals surface area (Å²) >= 11 is 1.67. The predicted octanol–water partition coefficient (Wildman–Crippen LogP) is 3.13. The largest absolute Gasteiger partial charge is 0.383 e. The number of aromatic nitrogens is 1. The van der Waals surface area contributed by atoms with Crippen molar-refractivity contribution in [3.05, 3.63) is 23.7 Å². The van der Waals surface area contributed by atoms with Gasteiger partial charge in [0, 0.05) is 18.8 Å². The number of nitrogens with zero attached hydrogens (tertiary/aromatic N) is 1. The average Bonchev–Trinajstić information content (AvgIpc) is 2.76. The van der Waals surface area contributed by atoms with Crippen LogP contribution in [0.5, 0.6) is 0 Å². The SMILES string of the molecule is CCCOCCNc1ccc2ncsc2c1. The lowest BCUT2D eigenvalue weighted by Gasteiger charge is -2.06. The van der Waals surface area contributed by atoms with E-state index < -0.39 is 0 Å². The van der Waals surface area contributed by atoms with E-state index in [9.17, 15) is 0 Å². The molecule has 2 rings (SSSR count). The Morgan fingerprint density at radius 2 is 2.31 bits per heavy atom. The van der Waals surface area contributed by atoms with Gasteiger partial charge < -0.3 is 10.1 Å². The summed E-state index contributed by atoms with van der Waals surface area (Å²) in [7, 11) is 0. The van der Waals surface area contributed by atoms with E-state index in [1.807, 2.05) is 11.6 Å². The summed E-state index contributed by atoms with van der Waals surface area (Å²) in [5, 5.41) is 3.34. The highest BCUT2D eigenvalue weighted by molar-refractivity contribution is 7.16. The second-order valence-electron chi connectivity index (χ2n) is 3.57. The molecule has 1 aromatic heterocycles. The third-order valence-corrected chi connectivity index (χ3v) is 3.05. The Kier molecular flexibility index (Phi) is 4.13. The van der Waals surface area contributed by atoms with Gasteiger partial charge >= 0.3 is 0 Å². The zero-order chi connectivity index (χ0) is 11.2. The predicted molar refractivity (Wildman–Crippen MR) is 69.2 cm³/mol. The molecule has 0 aliphatic rings. The number of hydrogen-bond donors (Lipinski definition) is 1. The van der Waals surface area contributed by atoms with Crippen LogP contribution in [0.3, 0.4) is 0 Å². The van der Waals surface area contributed by atoms with Crippen LogP contribution in [-0.4, -0.2) is 24.7 Å². The lowest BCUT2D eigenvalue weighted by Crippen LogP contribution is -2.09. The molecule has 0 amide bonds. The first-order chi connectivity index (χ1) is 7.90. The molecule has 0 fully saturated rings. The molecule has 2 aromatic rings. The van der Waals surface area contributed by atoms with Gasteiger partial charge in [0.1, 0.15) is 0 Å². The van der Waals surface area contributed by atoms with Crippen LogP contribution < -0.4 is 5.32 Å². The molecule has 0 aliphatic heterocycles. The van der Waals surface area contributed by atoms with Gasteiger partial charge in [0.15, 0.2) is 0 Å². The number of hydrogen-bond acceptors (Lipinski definition) is 4. The Hall–Kier alpha value is -1.13. The van der Waals surface area contributed by atoms with E-state index in [0.29, 0.717) is 0 Å². The zero-order valence-corrected chi connectivity index (χ0v) is 10.2. The van der Waals surface area contributed by atoms with E-state index in [1.54, 1.807) is 11.3 Å². The second kappa shape index (κ2) is 5.82. The Morgan fingerprint density at radius 3 is 3.19 bits per heavy atom. The lowest BCUT2D eigenvalue weighted by molar-refractivity contribution is 0.144. The topological polar surface area (TPSA) is 34.1 Å². The molecule has 0 aliphatic carbocycles. The number of thiazole rings is 1. The highest BCUT2D eigenvalue weighted by Gasteiger charge is 1.97. The van der Waals surface area contributed by atoms with Gasteiger partial charge in [-0.05, 0) is 24.6 Å². The van der Waals surface area contributed by atoms with E-state index in [4.69, 9.17) is 4.74 Å². The van der Waals surface area contributed by atoms with Crippen LogP contribution >= 0.6 is 11.3 Å². The fraction of sp³-hybridized carbons (Fsp3) is 0.417. The second-order valence-corrected chi connectivity index (χ2v) is 4.46. The van der Waals surface area contributed by atoms with E-state index in [-0.39, 0.29) is 0 Å². The molecule has 16 heavy (non-hydrogen) atoms. The molecule has 0 bridgehead atoms. The monoisotopic (exact) mass is 236 g/mol. The number of rotatable bonds is 6. The maximum atomic E-state index is 5.40. The standard InChI is InChI=1S/C12H16N2OS/c1-2-6-15-7-5-13-10-3-4-11-12(8-10)16-9-14-11/h3-4,8-9,13H,2,5-7H2,1H3. The van der Waals surface area contributed by atoms with Crippen molar-refractivity contribution in [3.8, 4) is 0 Å². The van der Waals surface area contributed by atoms with Gasteiger partial charge in [-0.15, -0.1) is 11.3 Å². The Balaban J connectivity index is 1.84. The number of anilines is 1. The first-order valence-corrected chi connectivity index (χ1v) is 6.43.